The van der Waals surface area contributed by atoms with Crippen LogP contribution in [0.25, 0.3) is 0 Å². The molecule has 1 fully saturated rings. The van der Waals surface area contributed by atoms with E-state index in [4.69, 9.17) is 0 Å². The molecular formula is C9H12N2OS. The summed E-state index contributed by atoms with van der Waals surface area (Å²) < 4.78 is 0. The molecule has 0 aromatic carbocycles. The highest BCUT2D eigenvalue weighted by molar-refractivity contribution is 7.10. The summed E-state index contributed by atoms with van der Waals surface area (Å²) >= 11 is 1.61. The predicted octanol–water partition coefficient (Wildman–Crippen LogP) is 0.897. The smallest absolute Gasteiger partial charge is 0.242 e. The first-order valence-corrected chi connectivity index (χ1v) is 5.22. The van der Waals surface area contributed by atoms with Gasteiger partial charge in [-0.1, -0.05) is 6.07 Å². The van der Waals surface area contributed by atoms with Crippen molar-refractivity contribution in [3.8, 4) is 0 Å². The minimum Gasteiger partial charge on any atom is -0.351 e. The average molecular weight is 196 g/mol. The number of piperazine rings is 1. The number of rotatable bonds is 1. The molecule has 1 aromatic heterocycles. The van der Waals surface area contributed by atoms with Crippen molar-refractivity contribution in [1.29, 1.82) is 0 Å². The van der Waals surface area contributed by atoms with Gasteiger partial charge in [-0.05, 0) is 18.4 Å². The van der Waals surface area contributed by atoms with Crippen molar-refractivity contribution in [3.63, 3.8) is 0 Å². The molecule has 0 aliphatic carbocycles. The second-order valence-corrected chi connectivity index (χ2v) is 4.25. The van der Waals surface area contributed by atoms with Gasteiger partial charge in [0.2, 0.25) is 5.91 Å². The maximum atomic E-state index is 11.5. The van der Waals surface area contributed by atoms with E-state index in [0.717, 1.165) is 11.4 Å². The topological polar surface area (TPSA) is 41.1 Å². The maximum Gasteiger partial charge on any atom is 0.242 e. The largest absolute Gasteiger partial charge is 0.351 e. The van der Waals surface area contributed by atoms with Gasteiger partial charge in [0.15, 0.2) is 0 Å². The van der Waals surface area contributed by atoms with Crippen LogP contribution in [-0.2, 0) is 4.79 Å². The van der Waals surface area contributed by atoms with Gasteiger partial charge >= 0.3 is 0 Å². The van der Waals surface area contributed by atoms with Crippen LogP contribution in [0, 0.1) is 0 Å². The summed E-state index contributed by atoms with van der Waals surface area (Å²) in [5.74, 6) is 0.0844. The first kappa shape index (κ1) is 8.72. The van der Waals surface area contributed by atoms with Crippen LogP contribution in [0.1, 0.15) is 17.8 Å². The molecule has 1 amide bonds. The molecule has 3 nitrogen and oxygen atoms in total. The van der Waals surface area contributed by atoms with Gasteiger partial charge in [-0.25, -0.2) is 0 Å². The Labute approximate surface area is 81.2 Å². The monoisotopic (exact) mass is 196 g/mol. The van der Waals surface area contributed by atoms with Gasteiger partial charge < -0.3 is 5.32 Å². The standard InChI is InChI=1S/C9H12N2OS/c1-6-5-10-8(9(12)11-6)7-3-2-4-13-7/h2-4,6,8,10H,5H2,1H3,(H,11,12). The number of thiophene rings is 1. The highest BCUT2D eigenvalue weighted by Gasteiger charge is 2.26. The molecule has 70 valence electrons. The van der Waals surface area contributed by atoms with Crippen LogP contribution < -0.4 is 10.6 Å². The molecule has 2 atom stereocenters. The van der Waals surface area contributed by atoms with E-state index in [0.29, 0.717) is 0 Å². The lowest BCUT2D eigenvalue weighted by Gasteiger charge is -2.27. The number of nitrogens with one attached hydrogen (secondary N) is 2. The van der Waals surface area contributed by atoms with Crippen LogP contribution in [0.4, 0.5) is 0 Å². The van der Waals surface area contributed by atoms with Crippen LogP contribution in [0.5, 0.6) is 0 Å². The third kappa shape index (κ3) is 1.73. The molecule has 0 saturated carbocycles. The van der Waals surface area contributed by atoms with E-state index in [2.05, 4.69) is 10.6 Å². The van der Waals surface area contributed by atoms with E-state index in [-0.39, 0.29) is 18.0 Å². The Morgan fingerprint density at radius 2 is 2.46 bits per heavy atom. The lowest BCUT2D eigenvalue weighted by atomic mass is 10.1. The molecule has 2 unspecified atom stereocenters. The molecule has 2 heterocycles. The molecule has 1 aromatic rings. The minimum absolute atomic E-state index is 0.0844. The number of carbonyl (C=O) groups is 1. The van der Waals surface area contributed by atoms with Gasteiger partial charge in [0.1, 0.15) is 6.04 Å². The number of carbonyl (C=O) groups excluding carboxylic acids is 1. The molecule has 0 radical (unpaired) electrons. The molecule has 0 bridgehead atoms. The van der Waals surface area contributed by atoms with E-state index in [9.17, 15) is 4.79 Å². The Hall–Kier alpha value is -0.870. The van der Waals surface area contributed by atoms with Crippen molar-refractivity contribution < 1.29 is 4.79 Å². The Morgan fingerprint density at radius 1 is 1.62 bits per heavy atom. The van der Waals surface area contributed by atoms with Gasteiger partial charge in [-0.3, -0.25) is 10.1 Å². The van der Waals surface area contributed by atoms with Crippen molar-refractivity contribution in [1.82, 2.24) is 10.6 Å². The van der Waals surface area contributed by atoms with E-state index < -0.39 is 0 Å². The third-order valence-electron chi connectivity index (χ3n) is 2.11. The highest BCUT2D eigenvalue weighted by atomic mass is 32.1. The molecule has 2 N–H and O–H groups in total. The summed E-state index contributed by atoms with van der Waals surface area (Å²) in [6, 6.07) is 4.05. The average Bonchev–Trinajstić information content (AvgIpc) is 2.56. The molecule has 0 spiro atoms. The van der Waals surface area contributed by atoms with Crippen LogP contribution in [0.3, 0.4) is 0 Å². The SMILES string of the molecule is CC1CNC(c2cccs2)C(=O)N1. The van der Waals surface area contributed by atoms with E-state index in [1.165, 1.54) is 0 Å². The van der Waals surface area contributed by atoms with Gasteiger partial charge in [-0.2, -0.15) is 0 Å². The van der Waals surface area contributed by atoms with Crippen LogP contribution in [0.15, 0.2) is 17.5 Å². The van der Waals surface area contributed by atoms with Crippen molar-refractivity contribution in [2.75, 3.05) is 6.54 Å². The maximum absolute atomic E-state index is 11.5. The number of hydrogen-bond acceptors (Lipinski definition) is 3. The van der Waals surface area contributed by atoms with Gasteiger partial charge in [-0.15, -0.1) is 11.3 Å². The predicted molar refractivity (Wildman–Crippen MR) is 52.7 cm³/mol. The zero-order valence-electron chi connectivity index (χ0n) is 7.41. The van der Waals surface area contributed by atoms with Gasteiger partial charge in [0, 0.05) is 17.5 Å². The zero-order valence-corrected chi connectivity index (χ0v) is 8.23. The van der Waals surface area contributed by atoms with Gasteiger partial charge in [0.25, 0.3) is 0 Å². The fourth-order valence-corrected chi connectivity index (χ4v) is 2.25. The first-order chi connectivity index (χ1) is 6.27. The number of hydrogen-bond donors (Lipinski definition) is 2. The lowest BCUT2D eigenvalue weighted by Crippen LogP contribution is -2.52. The van der Waals surface area contributed by atoms with Crippen molar-refractivity contribution >= 4 is 17.2 Å². The summed E-state index contributed by atoms with van der Waals surface area (Å²) in [5.41, 5.74) is 0. The molecule has 4 heteroatoms. The summed E-state index contributed by atoms with van der Waals surface area (Å²) in [6.07, 6.45) is 0. The third-order valence-corrected chi connectivity index (χ3v) is 3.04. The summed E-state index contributed by atoms with van der Waals surface area (Å²) in [4.78, 5) is 12.6. The Morgan fingerprint density at radius 3 is 3.08 bits per heavy atom. The Bertz CT molecular complexity index is 297. The summed E-state index contributed by atoms with van der Waals surface area (Å²) in [6.45, 7) is 2.84. The fourth-order valence-electron chi connectivity index (χ4n) is 1.45. The summed E-state index contributed by atoms with van der Waals surface area (Å²) in [5, 5.41) is 8.13. The first-order valence-electron chi connectivity index (χ1n) is 4.34. The van der Waals surface area contributed by atoms with E-state index in [1.807, 2.05) is 24.4 Å². The zero-order chi connectivity index (χ0) is 9.26. The van der Waals surface area contributed by atoms with Gasteiger partial charge in [0.05, 0.1) is 0 Å². The Kier molecular flexibility index (Phi) is 2.33. The van der Waals surface area contributed by atoms with Crippen molar-refractivity contribution in [3.05, 3.63) is 22.4 Å². The lowest BCUT2D eigenvalue weighted by molar-refractivity contribution is -0.125. The molecule has 2 rings (SSSR count). The molecule has 1 saturated heterocycles. The van der Waals surface area contributed by atoms with E-state index >= 15 is 0 Å². The molecule has 1 aliphatic rings. The van der Waals surface area contributed by atoms with Crippen molar-refractivity contribution in [2.45, 2.75) is 19.0 Å². The highest BCUT2D eigenvalue weighted by Crippen LogP contribution is 2.20. The molecule has 13 heavy (non-hydrogen) atoms. The quantitative estimate of drug-likeness (QED) is 0.700. The minimum atomic E-state index is -0.142. The van der Waals surface area contributed by atoms with Crippen LogP contribution in [0.2, 0.25) is 0 Å². The fraction of sp³-hybridized carbons (Fsp3) is 0.444. The second-order valence-electron chi connectivity index (χ2n) is 3.27. The van der Waals surface area contributed by atoms with Crippen molar-refractivity contribution in [2.24, 2.45) is 0 Å². The van der Waals surface area contributed by atoms with Crippen LogP contribution in [-0.4, -0.2) is 18.5 Å². The van der Waals surface area contributed by atoms with E-state index in [1.54, 1.807) is 11.3 Å². The Balaban J connectivity index is 2.13. The molecule has 1 aliphatic heterocycles. The van der Waals surface area contributed by atoms with Crippen LogP contribution >= 0.6 is 11.3 Å². The molecular weight excluding hydrogens is 184 g/mol. The second kappa shape index (κ2) is 3.47. The summed E-state index contributed by atoms with van der Waals surface area (Å²) in [7, 11) is 0. The normalized spacial score (nSPS) is 28.5. The number of amides is 1.